The smallest absolute Gasteiger partial charge is 0.0110 e. The van der Waals surface area contributed by atoms with Crippen molar-refractivity contribution in [1.82, 2.24) is 20.0 Å². The largest absolute Gasteiger partial charge is 0.318 e. The van der Waals surface area contributed by atoms with Gasteiger partial charge >= 0.3 is 0 Å². The summed E-state index contributed by atoms with van der Waals surface area (Å²) in [5.41, 5.74) is 0. The van der Waals surface area contributed by atoms with Gasteiger partial charge in [-0.3, -0.25) is 0 Å². The highest BCUT2D eigenvalue weighted by molar-refractivity contribution is 4.63. The molecular formula is C18H46N4. The molecule has 0 aliphatic carbocycles. The number of hydrogen-bond acceptors (Lipinski definition) is 4. The van der Waals surface area contributed by atoms with Gasteiger partial charge in [0.1, 0.15) is 0 Å². The van der Waals surface area contributed by atoms with Crippen LogP contribution in [-0.4, -0.2) is 87.7 Å². The van der Waals surface area contributed by atoms with Gasteiger partial charge in [0.25, 0.3) is 0 Å². The van der Waals surface area contributed by atoms with Gasteiger partial charge in [-0.15, -0.1) is 0 Å². The van der Waals surface area contributed by atoms with E-state index in [1.165, 1.54) is 26.2 Å². The molecule has 0 unspecified atom stereocenters. The average Bonchev–Trinajstić information content (AvgIpc) is 2.60. The van der Waals surface area contributed by atoms with Crippen molar-refractivity contribution in [3.8, 4) is 0 Å². The van der Waals surface area contributed by atoms with E-state index in [2.05, 4.69) is 47.8 Å². The van der Waals surface area contributed by atoms with Crippen molar-refractivity contribution in [1.29, 1.82) is 0 Å². The van der Waals surface area contributed by atoms with E-state index in [0.717, 1.165) is 32.7 Å². The molecule has 0 atom stereocenters. The third-order valence-electron chi connectivity index (χ3n) is 3.64. The Bertz CT molecular complexity index is 176. The normalized spacial score (nSPS) is 10.4. The van der Waals surface area contributed by atoms with Crippen molar-refractivity contribution < 1.29 is 0 Å². The second kappa shape index (κ2) is 23.1. The first kappa shape index (κ1) is 26.7. The predicted molar refractivity (Wildman–Crippen MR) is 104 cm³/mol. The van der Waals surface area contributed by atoms with Crippen LogP contribution in [0.3, 0.4) is 0 Å². The highest BCUT2D eigenvalue weighted by Gasteiger charge is 2.07. The average molecular weight is 319 g/mol. The van der Waals surface area contributed by atoms with Crippen LogP contribution in [0.2, 0.25) is 0 Å². The van der Waals surface area contributed by atoms with E-state index in [0.29, 0.717) is 0 Å². The maximum absolute atomic E-state index is 3.22. The quantitative estimate of drug-likeness (QED) is 0.597. The first-order valence-electron chi connectivity index (χ1n) is 9.45. The molecule has 0 rings (SSSR count). The summed E-state index contributed by atoms with van der Waals surface area (Å²) in [5.74, 6) is 0. The van der Waals surface area contributed by atoms with Crippen LogP contribution in [0.25, 0.3) is 0 Å². The van der Waals surface area contributed by atoms with Gasteiger partial charge in [-0.2, -0.15) is 0 Å². The Hall–Kier alpha value is -0.160. The van der Waals surface area contributed by atoms with Crippen molar-refractivity contribution in [2.24, 2.45) is 0 Å². The van der Waals surface area contributed by atoms with Gasteiger partial charge in [-0.1, -0.05) is 48.5 Å². The minimum atomic E-state index is 1.08. The summed E-state index contributed by atoms with van der Waals surface area (Å²) in [5, 5.41) is 3.22. The molecule has 138 valence electrons. The van der Waals surface area contributed by atoms with Gasteiger partial charge in [-0.25, -0.2) is 0 Å². The SMILES string of the molecule is CC.CC.CCN(C)CCN(CC)CCN(CC)CCNC. The molecule has 4 nitrogen and oxygen atoms in total. The number of hydrogen-bond donors (Lipinski definition) is 1. The Morgan fingerprint density at radius 2 is 1.05 bits per heavy atom. The molecule has 0 aliphatic heterocycles. The van der Waals surface area contributed by atoms with Crippen LogP contribution >= 0.6 is 0 Å². The van der Waals surface area contributed by atoms with Crippen LogP contribution in [0.4, 0.5) is 0 Å². The van der Waals surface area contributed by atoms with Crippen molar-refractivity contribution in [2.45, 2.75) is 48.5 Å². The van der Waals surface area contributed by atoms with Gasteiger partial charge in [-0.05, 0) is 33.7 Å². The molecule has 0 aromatic carbocycles. The predicted octanol–water partition coefficient (Wildman–Crippen LogP) is 2.85. The molecule has 0 aromatic rings. The third kappa shape index (κ3) is 17.9. The summed E-state index contributed by atoms with van der Waals surface area (Å²) >= 11 is 0. The molecule has 0 saturated carbocycles. The maximum Gasteiger partial charge on any atom is 0.0110 e. The molecule has 0 aliphatic rings. The standard InChI is InChI=1S/C14H34N4.2C2H6/c1-6-16(5)11-12-18(8-3)14-13-17(7-2)10-9-15-4;2*1-2/h15H,6-14H2,1-5H3;2*1-2H3. The monoisotopic (exact) mass is 318 g/mol. The number of rotatable bonds is 12. The molecule has 0 aromatic heterocycles. The summed E-state index contributed by atoms with van der Waals surface area (Å²) in [7, 11) is 4.21. The Kier molecular flexibility index (Phi) is 28.1. The molecule has 0 heterocycles. The minimum Gasteiger partial charge on any atom is -0.318 e. The van der Waals surface area contributed by atoms with E-state index in [-0.39, 0.29) is 0 Å². The molecule has 4 heteroatoms. The van der Waals surface area contributed by atoms with Crippen LogP contribution in [0.1, 0.15) is 48.5 Å². The molecule has 22 heavy (non-hydrogen) atoms. The fraction of sp³-hybridized carbons (Fsp3) is 1.00. The van der Waals surface area contributed by atoms with Gasteiger partial charge in [0.05, 0.1) is 0 Å². The van der Waals surface area contributed by atoms with Crippen LogP contribution in [0.5, 0.6) is 0 Å². The molecule has 0 fully saturated rings. The molecule has 0 spiro atoms. The number of nitrogens with one attached hydrogen (secondary N) is 1. The lowest BCUT2D eigenvalue weighted by molar-refractivity contribution is 0.197. The second-order valence-corrected chi connectivity index (χ2v) is 4.87. The zero-order valence-electron chi connectivity index (χ0n) is 17.2. The van der Waals surface area contributed by atoms with Crippen LogP contribution in [0.15, 0.2) is 0 Å². The fourth-order valence-corrected chi connectivity index (χ4v) is 1.88. The van der Waals surface area contributed by atoms with E-state index in [1.54, 1.807) is 0 Å². The zero-order valence-corrected chi connectivity index (χ0v) is 17.2. The van der Waals surface area contributed by atoms with Gasteiger partial charge in [0.2, 0.25) is 0 Å². The lowest BCUT2D eigenvalue weighted by Crippen LogP contribution is -2.40. The highest BCUT2D eigenvalue weighted by Crippen LogP contribution is 1.93. The topological polar surface area (TPSA) is 21.8 Å². The van der Waals surface area contributed by atoms with Crippen molar-refractivity contribution >= 4 is 0 Å². The van der Waals surface area contributed by atoms with Crippen LogP contribution < -0.4 is 5.32 Å². The van der Waals surface area contributed by atoms with E-state index >= 15 is 0 Å². The first-order valence-corrected chi connectivity index (χ1v) is 9.45. The highest BCUT2D eigenvalue weighted by atomic mass is 15.2. The molecule has 1 N–H and O–H groups in total. The summed E-state index contributed by atoms with van der Waals surface area (Å²) in [6.45, 7) is 25.1. The van der Waals surface area contributed by atoms with Crippen LogP contribution in [0, 0.1) is 0 Å². The summed E-state index contributed by atoms with van der Waals surface area (Å²) < 4.78 is 0. The minimum absolute atomic E-state index is 1.08. The van der Waals surface area contributed by atoms with Gasteiger partial charge in [0, 0.05) is 39.3 Å². The second-order valence-electron chi connectivity index (χ2n) is 4.87. The number of nitrogens with zero attached hydrogens (tertiary/aromatic N) is 3. The Labute approximate surface area is 142 Å². The van der Waals surface area contributed by atoms with E-state index in [4.69, 9.17) is 0 Å². The Balaban J connectivity index is -0.000000826. The molecule has 0 bridgehead atoms. The number of likely N-dealkylation sites (N-methyl/N-ethyl adjacent to an activating group) is 4. The summed E-state index contributed by atoms with van der Waals surface area (Å²) in [6, 6.07) is 0. The molecular weight excluding hydrogens is 272 g/mol. The van der Waals surface area contributed by atoms with Crippen LogP contribution in [-0.2, 0) is 0 Å². The van der Waals surface area contributed by atoms with Crippen molar-refractivity contribution in [3.05, 3.63) is 0 Å². The molecule has 0 amide bonds. The molecule has 0 saturated heterocycles. The van der Waals surface area contributed by atoms with E-state index in [9.17, 15) is 0 Å². The Morgan fingerprint density at radius 1 is 0.636 bits per heavy atom. The maximum atomic E-state index is 3.22. The van der Waals surface area contributed by atoms with Gasteiger partial charge in [0.15, 0.2) is 0 Å². The van der Waals surface area contributed by atoms with Crippen molar-refractivity contribution in [3.63, 3.8) is 0 Å². The molecule has 0 radical (unpaired) electrons. The lowest BCUT2D eigenvalue weighted by Gasteiger charge is -2.27. The summed E-state index contributed by atoms with van der Waals surface area (Å²) in [4.78, 5) is 7.44. The zero-order chi connectivity index (χ0) is 17.8. The first-order chi connectivity index (χ1) is 10.7. The lowest BCUT2D eigenvalue weighted by atomic mass is 10.4. The Morgan fingerprint density at radius 3 is 1.41 bits per heavy atom. The van der Waals surface area contributed by atoms with Crippen molar-refractivity contribution in [2.75, 3.05) is 73.0 Å². The third-order valence-corrected chi connectivity index (χ3v) is 3.64. The fourth-order valence-electron chi connectivity index (χ4n) is 1.88. The van der Waals surface area contributed by atoms with E-state index in [1.807, 2.05) is 34.7 Å². The van der Waals surface area contributed by atoms with Gasteiger partial charge < -0.3 is 20.0 Å². The van der Waals surface area contributed by atoms with E-state index < -0.39 is 0 Å². The summed E-state index contributed by atoms with van der Waals surface area (Å²) in [6.07, 6.45) is 0.